The Kier molecular flexibility index (Phi) is 4.80. The molecule has 8 heteroatoms. The first-order chi connectivity index (χ1) is 9.32. The number of halogens is 3. The summed E-state index contributed by atoms with van der Waals surface area (Å²) in [4.78, 5) is 11.6. The minimum Gasteiger partial charge on any atom is -0.496 e. The molecule has 0 unspecified atom stereocenters. The van der Waals surface area contributed by atoms with Crippen LogP contribution in [0.2, 0.25) is 0 Å². The van der Waals surface area contributed by atoms with Gasteiger partial charge in [-0.2, -0.15) is 5.26 Å². The third kappa shape index (κ3) is 3.78. The van der Waals surface area contributed by atoms with Crippen LogP contribution in [0.3, 0.4) is 0 Å². The van der Waals surface area contributed by atoms with Crippen molar-refractivity contribution < 1.29 is 32.2 Å². The molecule has 0 fully saturated rings. The molecule has 1 rings (SSSR count). The van der Waals surface area contributed by atoms with Gasteiger partial charge in [0.05, 0.1) is 19.3 Å². The van der Waals surface area contributed by atoms with E-state index in [0.717, 1.165) is 12.1 Å². The molecular formula is C12H10F3NO4. The van der Waals surface area contributed by atoms with E-state index < -0.39 is 23.6 Å². The van der Waals surface area contributed by atoms with Crippen LogP contribution in [0.1, 0.15) is 22.8 Å². The molecule has 0 bridgehead atoms. The second-order valence-electron chi connectivity index (χ2n) is 3.43. The standard InChI is InChI=1S/C12H10F3NO4/c1-3-19-11(17)8-5-9(20-12(13,14)15)7(6-16)4-10(8)18-2/h4-5H,3H2,1-2H3. The van der Waals surface area contributed by atoms with E-state index in [1.165, 1.54) is 13.2 Å². The van der Waals surface area contributed by atoms with Gasteiger partial charge < -0.3 is 14.2 Å². The highest BCUT2D eigenvalue weighted by Gasteiger charge is 2.33. The lowest BCUT2D eigenvalue weighted by atomic mass is 10.1. The fourth-order valence-electron chi connectivity index (χ4n) is 1.39. The van der Waals surface area contributed by atoms with E-state index in [1.807, 2.05) is 0 Å². The van der Waals surface area contributed by atoms with Crippen LogP contribution in [-0.4, -0.2) is 26.0 Å². The molecule has 0 heterocycles. The Morgan fingerprint density at radius 1 is 1.35 bits per heavy atom. The summed E-state index contributed by atoms with van der Waals surface area (Å²) in [5.41, 5.74) is -0.667. The summed E-state index contributed by atoms with van der Waals surface area (Å²) < 4.78 is 50.0. The average Bonchev–Trinajstić information content (AvgIpc) is 2.36. The number of nitriles is 1. The van der Waals surface area contributed by atoms with Crippen molar-refractivity contribution in [1.29, 1.82) is 5.26 Å². The quantitative estimate of drug-likeness (QED) is 0.797. The van der Waals surface area contributed by atoms with Crippen molar-refractivity contribution in [1.82, 2.24) is 0 Å². The number of nitrogens with zero attached hydrogens (tertiary/aromatic N) is 1. The van der Waals surface area contributed by atoms with Gasteiger partial charge in [0.15, 0.2) is 0 Å². The zero-order valence-electron chi connectivity index (χ0n) is 10.6. The highest BCUT2D eigenvalue weighted by Crippen LogP contribution is 2.32. The molecule has 1 aromatic rings. The number of esters is 1. The van der Waals surface area contributed by atoms with Crippen molar-refractivity contribution in [2.24, 2.45) is 0 Å². The van der Waals surface area contributed by atoms with Gasteiger partial charge in [0, 0.05) is 12.1 Å². The van der Waals surface area contributed by atoms with E-state index >= 15 is 0 Å². The molecular weight excluding hydrogens is 279 g/mol. The van der Waals surface area contributed by atoms with Crippen molar-refractivity contribution in [2.75, 3.05) is 13.7 Å². The molecule has 0 saturated heterocycles. The van der Waals surface area contributed by atoms with Gasteiger partial charge in [0.25, 0.3) is 0 Å². The molecule has 0 atom stereocenters. The summed E-state index contributed by atoms with van der Waals surface area (Å²) in [6.07, 6.45) is -4.98. The number of benzene rings is 1. The first-order valence-corrected chi connectivity index (χ1v) is 5.37. The summed E-state index contributed by atoms with van der Waals surface area (Å²) in [5.74, 6) is -1.74. The maximum atomic E-state index is 12.2. The minimum atomic E-state index is -4.98. The summed E-state index contributed by atoms with van der Waals surface area (Å²) >= 11 is 0. The first-order valence-electron chi connectivity index (χ1n) is 5.37. The monoisotopic (exact) mass is 289 g/mol. The van der Waals surface area contributed by atoms with Crippen LogP contribution in [-0.2, 0) is 4.74 Å². The average molecular weight is 289 g/mol. The van der Waals surface area contributed by atoms with E-state index in [2.05, 4.69) is 4.74 Å². The predicted molar refractivity (Wildman–Crippen MR) is 60.3 cm³/mol. The van der Waals surface area contributed by atoms with Crippen molar-refractivity contribution in [3.05, 3.63) is 23.3 Å². The lowest BCUT2D eigenvalue weighted by Gasteiger charge is -2.14. The highest BCUT2D eigenvalue weighted by molar-refractivity contribution is 5.93. The molecule has 0 spiro atoms. The molecule has 0 aliphatic heterocycles. The third-order valence-electron chi connectivity index (χ3n) is 2.14. The maximum Gasteiger partial charge on any atom is 0.573 e. The number of alkyl halides is 3. The SMILES string of the molecule is CCOC(=O)c1cc(OC(F)(F)F)c(C#N)cc1OC. The molecule has 0 aromatic heterocycles. The Bertz CT molecular complexity index is 549. The molecule has 5 nitrogen and oxygen atoms in total. The number of hydrogen-bond donors (Lipinski definition) is 0. The third-order valence-corrected chi connectivity index (χ3v) is 2.14. The van der Waals surface area contributed by atoms with Gasteiger partial charge in [0.2, 0.25) is 0 Å². The molecule has 0 amide bonds. The Morgan fingerprint density at radius 3 is 2.45 bits per heavy atom. The Morgan fingerprint density at radius 2 is 2.00 bits per heavy atom. The van der Waals surface area contributed by atoms with Gasteiger partial charge >= 0.3 is 12.3 Å². The Balaban J connectivity index is 3.34. The van der Waals surface area contributed by atoms with Crippen LogP contribution in [0.15, 0.2) is 12.1 Å². The summed E-state index contributed by atoms with van der Waals surface area (Å²) in [7, 11) is 1.21. The van der Waals surface area contributed by atoms with Crippen LogP contribution in [0.5, 0.6) is 11.5 Å². The van der Waals surface area contributed by atoms with Crippen LogP contribution in [0, 0.1) is 11.3 Å². The number of rotatable bonds is 4. The van der Waals surface area contributed by atoms with Crippen molar-refractivity contribution >= 4 is 5.97 Å². The van der Waals surface area contributed by atoms with Crippen molar-refractivity contribution in [3.8, 4) is 17.6 Å². The number of ether oxygens (including phenoxy) is 3. The number of methoxy groups -OCH3 is 1. The van der Waals surface area contributed by atoms with E-state index in [-0.39, 0.29) is 17.9 Å². The van der Waals surface area contributed by atoms with Gasteiger partial charge in [-0.1, -0.05) is 0 Å². The van der Waals surface area contributed by atoms with Gasteiger partial charge in [-0.15, -0.1) is 13.2 Å². The van der Waals surface area contributed by atoms with Gasteiger partial charge in [-0.25, -0.2) is 4.79 Å². The molecule has 0 saturated carbocycles. The number of carbonyl (C=O) groups excluding carboxylic acids is 1. The fraction of sp³-hybridized carbons (Fsp3) is 0.333. The van der Waals surface area contributed by atoms with Crippen molar-refractivity contribution in [3.63, 3.8) is 0 Å². The molecule has 0 aliphatic rings. The lowest BCUT2D eigenvalue weighted by Crippen LogP contribution is -2.18. The molecule has 0 radical (unpaired) electrons. The van der Waals surface area contributed by atoms with E-state index in [9.17, 15) is 18.0 Å². The largest absolute Gasteiger partial charge is 0.573 e. The van der Waals surface area contributed by atoms with Crippen molar-refractivity contribution in [2.45, 2.75) is 13.3 Å². The van der Waals surface area contributed by atoms with Crippen LogP contribution >= 0.6 is 0 Å². The van der Waals surface area contributed by atoms with E-state index in [1.54, 1.807) is 6.92 Å². The van der Waals surface area contributed by atoms with E-state index in [4.69, 9.17) is 14.7 Å². The topological polar surface area (TPSA) is 68.5 Å². The highest BCUT2D eigenvalue weighted by atomic mass is 19.4. The zero-order valence-corrected chi connectivity index (χ0v) is 10.6. The van der Waals surface area contributed by atoms with Crippen LogP contribution < -0.4 is 9.47 Å². The summed E-state index contributed by atoms with van der Waals surface area (Å²) in [6.45, 7) is 1.58. The van der Waals surface area contributed by atoms with E-state index in [0.29, 0.717) is 0 Å². The molecule has 20 heavy (non-hydrogen) atoms. The summed E-state index contributed by atoms with van der Waals surface area (Å²) in [5, 5.41) is 8.80. The van der Waals surface area contributed by atoms with Gasteiger partial charge in [-0.3, -0.25) is 0 Å². The molecule has 108 valence electrons. The first kappa shape index (κ1) is 15.6. The van der Waals surface area contributed by atoms with Crippen LogP contribution in [0.25, 0.3) is 0 Å². The fourth-order valence-corrected chi connectivity index (χ4v) is 1.39. The maximum absolute atomic E-state index is 12.2. The number of carbonyl (C=O) groups is 1. The predicted octanol–water partition coefficient (Wildman–Crippen LogP) is 2.64. The second-order valence-corrected chi connectivity index (χ2v) is 3.43. The molecule has 0 aliphatic carbocycles. The van der Waals surface area contributed by atoms with Gasteiger partial charge in [-0.05, 0) is 6.92 Å². The normalized spacial score (nSPS) is 10.6. The Labute approximate surface area is 112 Å². The zero-order chi connectivity index (χ0) is 15.3. The summed E-state index contributed by atoms with van der Waals surface area (Å²) in [6, 6.07) is 3.28. The van der Waals surface area contributed by atoms with Gasteiger partial charge in [0.1, 0.15) is 23.1 Å². The molecule has 0 N–H and O–H groups in total. The lowest BCUT2D eigenvalue weighted by molar-refractivity contribution is -0.274. The Hall–Kier alpha value is -2.43. The molecule has 1 aromatic carbocycles. The minimum absolute atomic E-state index is 0.0391. The smallest absolute Gasteiger partial charge is 0.496 e. The van der Waals surface area contributed by atoms with Crippen LogP contribution in [0.4, 0.5) is 13.2 Å². The number of hydrogen-bond acceptors (Lipinski definition) is 5. The second kappa shape index (κ2) is 6.14.